The zero-order valence-electron chi connectivity index (χ0n) is 13.5. The molecule has 0 unspecified atom stereocenters. The number of hydrogen-bond acceptors (Lipinski definition) is 6. The molecule has 1 N–H and O–H groups in total. The third kappa shape index (κ3) is 6.02. The van der Waals surface area contributed by atoms with E-state index in [9.17, 15) is 8.42 Å². The van der Waals surface area contributed by atoms with Gasteiger partial charge in [-0.1, -0.05) is 18.2 Å². The Labute approximate surface area is 138 Å². The van der Waals surface area contributed by atoms with E-state index in [0.29, 0.717) is 23.6 Å². The molecule has 0 spiro atoms. The molecule has 9 heteroatoms. The van der Waals surface area contributed by atoms with Crippen molar-refractivity contribution in [2.45, 2.75) is 18.2 Å². The molecule has 0 fully saturated rings. The first-order valence-electron chi connectivity index (χ1n) is 7.02. The van der Waals surface area contributed by atoms with Crippen LogP contribution in [0.1, 0.15) is 17.5 Å². The van der Waals surface area contributed by atoms with E-state index in [0.717, 1.165) is 0 Å². The predicted octanol–water partition coefficient (Wildman–Crippen LogP) is 1.25. The van der Waals surface area contributed by atoms with Gasteiger partial charge in [0.2, 0.25) is 10.0 Å². The highest BCUT2D eigenvalue weighted by molar-refractivity contribution is 7.88. The molecule has 1 rings (SSSR count). The Balaban J connectivity index is 2.55. The van der Waals surface area contributed by atoms with Crippen molar-refractivity contribution >= 4 is 18.8 Å². The van der Waals surface area contributed by atoms with Crippen molar-refractivity contribution in [3.8, 4) is 6.07 Å². The van der Waals surface area contributed by atoms with Crippen LogP contribution in [-0.4, -0.2) is 45.1 Å². The molecule has 1 aromatic carbocycles. The molecule has 0 atom stereocenters. The summed E-state index contributed by atoms with van der Waals surface area (Å²) in [5, 5.41) is 9.00. The Morgan fingerprint density at radius 1 is 1.17 bits per heavy atom. The first-order chi connectivity index (χ1) is 10.9. The normalized spacial score (nSPS) is 12.1. The van der Waals surface area contributed by atoms with Crippen molar-refractivity contribution in [3.05, 3.63) is 35.4 Å². The van der Waals surface area contributed by atoms with E-state index in [1.54, 1.807) is 24.3 Å². The zero-order valence-corrected chi connectivity index (χ0v) is 15.4. The first kappa shape index (κ1) is 19.8. The van der Waals surface area contributed by atoms with Gasteiger partial charge < -0.3 is 13.3 Å². The summed E-state index contributed by atoms with van der Waals surface area (Å²) in [4.78, 5) is 0. The van der Waals surface area contributed by atoms with Crippen LogP contribution in [0, 0.1) is 11.3 Å². The summed E-state index contributed by atoms with van der Waals surface area (Å²) in [6, 6.07) is 9.14. The van der Waals surface area contributed by atoms with Crippen LogP contribution >= 0.6 is 0 Å². The Kier molecular flexibility index (Phi) is 7.84. The fourth-order valence-corrected chi connectivity index (χ4v) is 5.04. The van der Waals surface area contributed by atoms with Gasteiger partial charge in [0.1, 0.15) is 0 Å². The van der Waals surface area contributed by atoms with Crippen LogP contribution in [0.15, 0.2) is 24.3 Å². The third-order valence-corrected chi connectivity index (χ3v) is 7.57. The average molecular weight is 358 g/mol. The van der Waals surface area contributed by atoms with E-state index < -0.39 is 18.8 Å². The minimum Gasteiger partial charge on any atom is -0.377 e. The van der Waals surface area contributed by atoms with Crippen molar-refractivity contribution in [2.75, 3.05) is 27.9 Å². The topological polar surface area (TPSA) is 97.7 Å². The van der Waals surface area contributed by atoms with E-state index in [4.69, 9.17) is 18.5 Å². The largest absolute Gasteiger partial charge is 0.500 e. The molecule has 0 aliphatic heterocycles. The van der Waals surface area contributed by atoms with Gasteiger partial charge >= 0.3 is 8.80 Å². The van der Waals surface area contributed by atoms with Gasteiger partial charge in [0.05, 0.1) is 17.4 Å². The molecular weight excluding hydrogens is 336 g/mol. The molecular formula is C14H22N2O5SSi. The Morgan fingerprint density at radius 2 is 1.78 bits per heavy atom. The van der Waals surface area contributed by atoms with Crippen molar-refractivity contribution in [1.29, 1.82) is 5.26 Å². The number of sulfonamides is 1. The molecule has 0 bridgehead atoms. The number of benzene rings is 1. The molecule has 0 aliphatic carbocycles. The Hall–Kier alpha value is -1.28. The summed E-state index contributed by atoms with van der Waals surface area (Å²) in [5.74, 6) is -0.224. The maximum atomic E-state index is 12.1. The minimum absolute atomic E-state index is 0.224. The highest BCUT2D eigenvalue weighted by Gasteiger charge is 2.36. The smallest absolute Gasteiger partial charge is 0.377 e. The lowest BCUT2D eigenvalue weighted by atomic mass is 10.1. The fourth-order valence-electron chi connectivity index (χ4n) is 2.10. The van der Waals surface area contributed by atoms with E-state index in [1.165, 1.54) is 21.3 Å². The van der Waals surface area contributed by atoms with Crippen LogP contribution in [-0.2, 0) is 29.1 Å². The van der Waals surface area contributed by atoms with Crippen LogP contribution in [0.3, 0.4) is 0 Å². The molecule has 7 nitrogen and oxygen atoms in total. The van der Waals surface area contributed by atoms with Crippen LogP contribution in [0.4, 0.5) is 0 Å². The molecule has 0 aromatic heterocycles. The van der Waals surface area contributed by atoms with Gasteiger partial charge in [0.25, 0.3) is 0 Å². The third-order valence-electron chi connectivity index (χ3n) is 3.40. The van der Waals surface area contributed by atoms with Crippen molar-refractivity contribution in [3.63, 3.8) is 0 Å². The lowest BCUT2D eigenvalue weighted by Gasteiger charge is -2.24. The van der Waals surface area contributed by atoms with Gasteiger partial charge in [0, 0.05) is 33.9 Å². The summed E-state index contributed by atoms with van der Waals surface area (Å²) >= 11 is 0. The summed E-state index contributed by atoms with van der Waals surface area (Å²) in [5.41, 5.74) is 0.847. The second-order valence-corrected chi connectivity index (χ2v) is 9.72. The van der Waals surface area contributed by atoms with Gasteiger partial charge in [0.15, 0.2) is 0 Å². The second-order valence-electron chi connectivity index (χ2n) is 4.82. The van der Waals surface area contributed by atoms with Gasteiger partial charge in [-0.2, -0.15) is 5.26 Å². The number of rotatable bonds is 10. The number of hydrogen-bond donors (Lipinski definition) is 1. The quantitative estimate of drug-likeness (QED) is 0.499. The number of nitrogens with one attached hydrogen (secondary N) is 1. The molecule has 0 heterocycles. The SMILES string of the molecule is CO[Si](CCCNS(=O)(=O)Cc1ccccc1C#N)(OC)OC. The van der Waals surface area contributed by atoms with E-state index in [-0.39, 0.29) is 12.3 Å². The van der Waals surface area contributed by atoms with Crippen LogP contribution in [0.2, 0.25) is 6.04 Å². The maximum Gasteiger partial charge on any atom is 0.500 e. The van der Waals surface area contributed by atoms with Gasteiger partial charge in [-0.05, 0) is 18.1 Å². The van der Waals surface area contributed by atoms with E-state index >= 15 is 0 Å². The molecule has 0 saturated carbocycles. The molecule has 0 saturated heterocycles. The maximum absolute atomic E-state index is 12.1. The highest BCUT2D eigenvalue weighted by Crippen LogP contribution is 2.15. The van der Waals surface area contributed by atoms with Gasteiger partial charge in [-0.25, -0.2) is 13.1 Å². The fraction of sp³-hybridized carbons (Fsp3) is 0.500. The zero-order chi connectivity index (χ0) is 17.3. The van der Waals surface area contributed by atoms with Crippen molar-refractivity contribution in [1.82, 2.24) is 4.72 Å². The summed E-state index contributed by atoms with van der Waals surface area (Å²) in [7, 11) is -1.65. The molecule has 1 aromatic rings. The lowest BCUT2D eigenvalue weighted by Crippen LogP contribution is -2.43. The Bertz CT molecular complexity index is 633. The Morgan fingerprint density at radius 3 is 2.35 bits per heavy atom. The second kappa shape index (κ2) is 9.12. The summed E-state index contributed by atoms with van der Waals surface area (Å²) in [6.07, 6.45) is 0.529. The standard InChI is InChI=1S/C14H22N2O5SSi/c1-19-23(20-2,21-3)10-6-9-16-22(17,18)12-14-8-5-4-7-13(14)11-15/h4-5,7-8,16H,6,9-10,12H2,1-3H3. The van der Waals surface area contributed by atoms with Crippen LogP contribution in [0.25, 0.3) is 0 Å². The monoisotopic (exact) mass is 358 g/mol. The minimum atomic E-state index is -3.51. The predicted molar refractivity (Wildman–Crippen MR) is 88.0 cm³/mol. The molecule has 23 heavy (non-hydrogen) atoms. The van der Waals surface area contributed by atoms with E-state index in [2.05, 4.69) is 4.72 Å². The average Bonchev–Trinajstić information content (AvgIpc) is 2.56. The van der Waals surface area contributed by atoms with Crippen LogP contribution in [0.5, 0.6) is 0 Å². The molecule has 128 valence electrons. The lowest BCUT2D eigenvalue weighted by molar-refractivity contribution is 0.123. The van der Waals surface area contributed by atoms with Crippen molar-refractivity contribution < 1.29 is 21.7 Å². The first-order valence-corrected chi connectivity index (χ1v) is 10.6. The van der Waals surface area contributed by atoms with Crippen LogP contribution < -0.4 is 4.72 Å². The van der Waals surface area contributed by atoms with Crippen molar-refractivity contribution in [2.24, 2.45) is 0 Å². The number of nitrogens with zero attached hydrogens (tertiary/aromatic N) is 1. The van der Waals surface area contributed by atoms with Gasteiger partial charge in [-0.3, -0.25) is 0 Å². The summed E-state index contributed by atoms with van der Waals surface area (Å²) in [6.45, 7) is 0.252. The number of nitriles is 1. The van der Waals surface area contributed by atoms with E-state index in [1.807, 2.05) is 6.07 Å². The highest BCUT2D eigenvalue weighted by atomic mass is 32.2. The molecule has 0 aliphatic rings. The van der Waals surface area contributed by atoms with Gasteiger partial charge in [-0.15, -0.1) is 0 Å². The molecule has 0 radical (unpaired) electrons. The molecule has 0 amide bonds. The summed E-state index contributed by atoms with van der Waals surface area (Å²) < 4.78 is 42.5.